The van der Waals surface area contributed by atoms with Gasteiger partial charge in [0.2, 0.25) is 0 Å². The normalized spacial score (nSPS) is 16.2. The summed E-state index contributed by atoms with van der Waals surface area (Å²) in [6, 6.07) is 15.2. The molecule has 1 unspecified atom stereocenters. The van der Waals surface area contributed by atoms with Crippen LogP contribution in [-0.4, -0.2) is 20.0 Å². The Hall–Kier alpha value is -2.60. The summed E-state index contributed by atoms with van der Waals surface area (Å²) in [5, 5.41) is 13.6. The fraction of sp³-hybridized carbons (Fsp3) is 0.200. The average Bonchev–Trinajstić information content (AvgIpc) is 3.21. The number of fused-ring (bicyclic) bond motifs is 4. The molecule has 6 heteroatoms. The van der Waals surface area contributed by atoms with E-state index in [2.05, 4.69) is 79.0 Å². The molecule has 0 saturated carbocycles. The van der Waals surface area contributed by atoms with Crippen LogP contribution in [0.25, 0.3) is 22.2 Å². The Morgan fingerprint density at radius 3 is 3.04 bits per heavy atom. The van der Waals surface area contributed by atoms with Crippen molar-refractivity contribution in [2.45, 2.75) is 25.9 Å². The van der Waals surface area contributed by atoms with Crippen molar-refractivity contribution in [2.75, 3.05) is 5.32 Å². The second-order valence-corrected chi connectivity index (χ2v) is 7.66. The average molecular weight is 408 g/mol. The predicted octanol–water partition coefficient (Wildman–Crippen LogP) is 5.05. The Labute approximate surface area is 159 Å². The van der Waals surface area contributed by atoms with Crippen molar-refractivity contribution >= 4 is 32.5 Å². The van der Waals surface area contributed by atoms with Crippen LogP contribution < -0.4 is 5.32 Å². The van der Waals surface area contributed by atoms with E-state index in [1.54, 1.807) is 0 Å². The Kier molecular flexibility index (Phi) is 3.60. The lowest BCUT2D eigenvalue weighted by Gasteiger charge is -2.21. The first kappa shape index (κ1) is 15.6. The van der Waals surface area contributed by atoms with Gasteiger partial charge in [0.15, 0.2) is 0 Å². The van der Waals surface area contributed by atoms with Gasteiger partial charge in [0.05, 0.1) is 17.4 Å². The van der Waals surface area contributed by atoms with E-state index in [1.807, 2.05) is 17.8 Å². The second-order valence-electron chi connectivity index (χ2n) is 6.74. The van der Waals surface area contributed by atoms with E-state index >= 15 is 0 Å². The van der Waals surface area contributed by atoms with E-state index in [-0.39, 0.29) is 6.04 Å². The molecule has 26 heavy (non-hydrogen) atoms. The van der Waals surface area contributed by atoms with Crippen LogP contribution in [0.4, 0.5) is 5.69 Å². The molecule has 5 nitrogen and oxygen atoms in total. The zero-order valence-corrected chi connectivity index (χ0v) is 15.9. The Balaban J connectivity index is 1.59. The highest BCUT2D eigenvalue weighted by Gasteiger charge is 2.25. The number of aromatic nitrogens is 4. The maximum absolute atomic E-state index is 4.34. The number of hydrogen-bond acceptors (Lipinski definition) is 3. The van der Waals surface area contributed by atoms with Crippen LogP contribution in [0.5, 0.6) is 0 Å². The summed E-state index contributed by atoms with van der Waals surface area (Å²) in [4.78, 5) is 3.25. The fourth-order valence-corrected chi connectivity index (χ4v) is 4.21. The highest BCUT2D eigenvalue weighted by Crippen LogP contribution is 2.38. The summed E-state index contributed by atoms with van der Waals surface area (Å²) in [5.74, 6) is 0. The molecule has 0 saturated heterocycles. The first-order valence-corrected chi connectivity index (χ1v) is 9.52. The van der Waals surface area contributed by atoms with Gasteiger partial charge in [0.1, 0.15) is 0 Å². The van der Waals surface area contributed by atoms with E-state index in [0.717, 1.165) is 40.0 Å². The van der Waals surface area contributed by atoms with Crippen molar-refractivity contribution in [2.24, 2.45) is 0 Å². The standard InChI is InChI=1S/C20H18BrN5/c1-12-20-16-4-2-14(21)11-17(16)19(7-9-26(20)25-24-12)23-15-3-5-18-13(10-15)6-8-22-18/h2-6,8,10-11,19,22-23H,7,9H2,1H3. The first-order valence-electron chi connectivity index (χ1n) is 8.72. The van der Waals surface area contributed by atoms with Gasteiger partial charge >= 0.3 is 0 Å². The molecule has 0 radical (unpaired) electrons. The van der Waals surface area contributed by atoms with Gasteiger partial charge in [-0.25, -0.2) is 4.68 Å². The third-order valence-electron chi connectivity index (χ3n) is 5.07. The number of rotatable bonds is 2. The summed E-state index contributed by atoms with van der Waals surface area (Å²) in [6.07, 6.45) is 2.92. The number of nitrogens with one attached hydrogen (secondary N) is 2. The molecular weight excluding hydrogens is 390 g/mol. The molecule has 1 aliphatic rings. The highest BCUT2D eigenvalue weighted by molar-refractivity contribution is 9.10. The van der Waals surface area contributed by atoms with E-state index in [4.69, 9.17) is 0 Å². The third kappa shape index (κ3) is 2.52. The van der Waals surface area contributed by atoms with Crippen molar-refractivity contribution in [3.63, 3.8) is 0 Å². The highest BCUT2D eigenvalue weighted by atomic mass is 79.9. The van der Waals surface area contributed by atoms with Crippen molar-refractivity contribution in [3.05, 3.63) is 64.4 Å². The van der Waals surface area contributed by atoms with Crippen LogP contribution in [0.2, 0.25) is 0 Å². The number of hydrogen-bond donors (Lipinski definition) is 2. The van der Waals surface area contributed by atoms with Crippen LogP contribution in [0.15, 0.2) is 53.1 Å². The number of anilines is 1. The molecule has 1 atom stereocenters. The predicted molar refractivity (Wildman–Crippen MR) is 107 cm³/mol. The molecular formula is C20H18BrN5. The van der Waals surface area contributed by atoms with Crippen molar-refractivity contribution < 1.29 is 0 Å². The number of benzene rings is 2. The summed E-state index contributed by atoms with van der Waals surface area (Å²) in [7, 11) is 0. The maximum Gasteiger partial charge on any atom is 0.0918 e. The lowest BCUT2D eigenvalue weighted by atomic mass is 9.96. The van der Waals surface area contributed by atoms with E-state index in [0.29, 0.717) is 0 Å². The number of aromatic amines is 1. The molecule has 130 valence electrons. The van der Waals surface area contributed by atoms with Gasteiger partial charge in [-0.15, -0.1) is 5.10 Å². The van der Waals surface area contributed by atoms with Crippen LogP contribution in [0, 0.1) is 6.92 Å². The minimum Gasteiger partial charge on any atom is -0.378 e. The molecule has 2 N–H and O–H groups in total. The summed E-state index contributed by atoms with van der Waals surface area (Å²) in [5.41, 5.74) is 6.86. The molecule has 5 rings (SSSR count). The summed E-state index contributed by atoms with van der Waals surface area (Å²) in [6.45, 7) is 2.87. The van der Waals surface area contributed by atoms with Crippen LogP contribution in [-0.2, 0) is 6.54 Å². The van der Waals surface area contributed by atoms with Crippen LogP contribution in [0.1, 0.15) is 23.7 Å². The van der Waals surface area contributed by atoms with Crippen molar-refractivity contribution in [1.82, 2.24) is 20.0 Å². The number of aryl methyl sites for hydroxylation is 2. The third-order valence-corrected chi connectivity index (χ3v) is 5.56. The lowest BCUT2D eigenvalue weighted by molar-refractivity contribution is 0.539. The number of halogens is 1. The van der Waals surface area contributed by atoms with Gasteiger partial charge in [-0.05, 0) is 55.3 Å². The SMILES string of the molecule is Cc1nnn2c1-c1ccc(Br)cc1C(Nc1ccc3[nH]ccc3c1)CC2. The Morgan fingerprint density at radius 2 is 2.12 bits per heavy atom. The smallest absolute Gasteiger partial charge is 0.0918 e. The monoisotopic (exact) mass is 407 g/mol. The zero-order valence-electron chi connectivity index (χ0n) is 14.3. The summed E-state index contributed by atoms with van der Waals surface area (Å²) >= 11 is 3.64. The molecule has 1 aliphatic heterocycles. The minimum atomic E-state index is 0.208. The van der Waals surface area contributed by atoms with Crippen LogP contribution >= 0.6 is 15.9 Å². The lowest BCUT2D eigenvalue weighted by Crippen LogP contribution is -2.12. The first-order chi connectivity index (χ1) is 12.7. The molecule has 0 amide bonds. The van der Waals surface area contributed by atoms with Gasteiger partial charge in [-0.3, -0.25) is 0 Å². The van der Waals surface area contributed by atoms with E-state index in [1.165, 1.54) is 16.5 Å². The topological polar surface area (TPSA) is 58.5 Å². The quantitative estimate of drug-likeness (QED) is 0.488. The fourth-order valence-electron chi connectivity index (χ4n) is 3.83. The number of nitrogens with zero attached hydrogens (tertiary/aromatic N) is 3. The molecule has 2 aromatic heterocycles. The van der Waals surface area contributed by atoms with Crippen molar-refractivity contribution in [1.29, 1.82) is 0 Å². The molecule has 3 heterocycles. The van der Waals surface area contributed by atoms with Gasteiger partial charge in [0.25, 0.3) is 0 Å². The Morgan fingerprint density at radius 1 is 1.19 bits per heavy atom. The van der Waals surface area contributed by atoms with E-state index < -0.39 is 0 Å². The minimum absolute atomic E-state index is 0.208. The molecule has 0 bridgehead atoms. The van der Waals surface area contributed by atoms with E-state index in [9.17, 15) is 0 Å². The van der Waals surface area contributed by atoms with Gasteiger partial charge in [0, 0.05) is 39.4 Å². The van der Waals surface area contributed by atoms with Crippen molar-refractivity contribution in [3.8, 4) is 11.3 Å². The molecule has 0 fully saturated rings. The van der Waals surface area contributed by atoms with Gasteiger partial charge in [-0.2, -0.15) is 0 Å². The molecule has 0 aliphatic carbocycles. The maximum atomic E-state index is 4.34. The summed E-state index contributed by atoms with van der Waals surface area (Å²) < 4.78 is 3.11. The van der Waals surface area contributed by atoms with Gasteiger partial charge in [-0.1, -0.05) is 27.2 Å². The Bertz CT molecular complexity index is 1110. The second kappa shape index (κ2) is 5.99. The molecule has 0 spiro atoms. The molecule has 4 aromatic rings. The molecule has 2 aromatic carbocycles. The van der Waals surface area contributed by atoms with Gasteiger partial charge < -0.3 is 10.3 Å². The van der Waals surface area contributed by atoms with Crippen LogP contribution in [0.3, 0.4) is 0 Å². The largest absolute Gasteiger partial charge is 0.378 e. The number of H-pyrrole nitrogens is 1. The zero-order chi connectivity index (χ0) is 17.7.